The molecule has 0 radical (unpaired) electrons. The molecule has 1 aliphatic carbocycles. The van der Waals surface area contributed by atoms with Crippen LogP contribution >= 0.6 is 0 Å². The Kier molecular flexibility index (Phi) is 5.16. The molecule has 6 heteroatoms. The molecule has 1 aromatic rings. The topological polar surface area (TPSA) is 56.6 Å². The highest BCUT2D eigenvalue weighted by Gasteiger charge is 2.48. The minimum Gasteiger partial charge on any atom is -0.370 e. The summed E-state index contributed by atoms with van der Waals surface area (Å²) in [4.78, 5) is 17.4. The van der Waals surface area contributed by atoms with Crippen molar-refractivity contribution >= 4 is 5.91 Å². The maximum absolute atomic E-state index is 13.8. The van der Waals surface area contributed by atoms with E-state index in [1.165, 1.54) is 31.4 Å². The summed E-state index contributed by atoms with van der Waals surface area (Å²) in [5.41, 5.74) is 0.105. The first-order valence-corrected chi connectivity index (χ1v) is 9.99. The van der Waals surface area contributed by atoms with Gasteiger partial charge < -0.3 is 9.64 Å². The predicted molar refractivity (Wildman–Crippen MR) is 98.8 cm³/mol. The fraction of sp³-hybridized carbons (Fsp3) is 0.619. The Morgan fingerprint density at radius 3 is 2.78 bits per heavy atom. The highest BCUT2D eigenvalue weighted by molar-refractivity contribution is 5.94. The lowest BCUT2D eigenvalue weighted by Gasteiger charge is -2.52. The Balaban J connectivity index is 1.57. The number of amides is 1. The number of carbonyl (C=O) groups is 1. The van der Waals surface area contributed by atoms with Crippen LogP contribution in [0.15, 0.2) is 18.2 Å². The molecule has 0 N–H and O–H groups in total. The van der Waals surface area contributed by atoms with Gasteiger partial charge in [-0.05, 0) is 57.0 Å². The number of hydrogen-bond acceptors (Lipinski definition) is 4. The van der Waals surface area contributed by atoms with E-state index in [0.717, 1.165) is 38.4 Å². The number of ether oxygens (including phenoxy) is 1. The molecule has 3 aliphatic rings. The first-order valence-electron chi connectivity index (χ1n) is 9.99. The molecular formula is C21H26FN3O2. The third-order valence-electron chi connectivity index (χ3n) is 6.29. The Hall–Kier alpha value is -1.97. The summed E-state index contributed by atoms with van der Waals surface area (Å²) in [6.45, 7) is 3.78. The van der Waals surface area contributed by atoms with Crippen molar-refractivity contribution in [3.63, 3.8) is 0 Å². The second-order valence-corrected chi connectivity index (χ2v) is 7.98. The summed E-state index contributed by atoms with van der Waals surface area (Å²) in [6, 6.07) is 6.14. The summed E-state index contributed by atoms with van der Waals surface area (Å²) in [5.74, 6) is -0.757. The molecule has 0 aromatic heterocycles. The second kappa shape index (κ2) is 7.57. The van der Waals surface area contributed by atoms with Crippen LogP contribution in [0.3, 0.4) is 0 Å². The molecule has 2 atom stereocenters. The molecule has 1 amide bonds. The maximum atomic E-state index is 13.8. The van der Waals surface area contributed by atoms with Gasteiger partial charge in [0.25, 0.3) is 5.91 Å². The van der Waals surface area contributed by atoms with Crippen LogP contribution in [-0.2, 0) is 4.74 Å². The lowest BCUT2D eigenvalue weighted by atomic mass is 9.78. The maximum Gasteiger partial charge on any atom is 0.254 e. The van der Waals surface area contributed by atoms with Gasteiger partial charge in [0.2, 0.25) is 0 Å². The number of halogens is 1. The summed E-state index contributed by atoms with van der Waals surface area (Å²) in [6.07, 6.45) is 6.86. The molecule has 1 saturated carbocycles. The van der Waals surface area contributed by atoms with Gasteiger partial charge in [-0.3, -0.25) is 9.69 Å². The summed E-state index contributed by atoms with van der Waals surface area (Å²) >= 11 is 0. The van der Waals surface area contributed by atoms with E-state index >= 15 is 0 Å². The molecule has 27 heavy (non-hydrogen) atoms. The molecule has 3 fully saturated rings. The quantitative estimate of drug-likeness (QED) is 0.802. The minimum atomic E-state index is -0.548. The number of carbonyl (C=O) groups excluding carboxylic acids is 1. The molecule has 2 heterocycles. The van der Waals surface area contributed by atoms with Crippen molar-refractivity contribution in [2.75, 3.05) is 32.8 Å². The van der Waals surface area contributed by atoms with Gasteiger partial charge >= 0.3 is 0 Å². The highest BCUT2D eigenvalue weighted by atomic mass is 19.1. The first kappa shape index (κ1) is 18.4. The number of nitriles is 1. The van der Waals surface area contributed by atoms with Gasteiger partial charge in [-0.25, -0.2) is 4.39 Å². The molecule has 1 spiro atoms. The highest BCUT2D eigenvalue weighted by Crippen LogP contribution is 2.39. The standard InChI is InChI=1S/C21H26FN3O2/c22-18-12-16(14-23)11-17(13-18)20(26)25-9-10-27-21(15-25)6-2-1-5-19(21)24-7-3-4-8-24/h11-13,19H,1-10,15H2/t19-,21+/m1/s1. The van der Waals surface area contributed by atoms with E-state index in [0.29, 0.717) is 25.7 Å². The molecule has 144 valence electrons. The minimum absolute atomic E-state index is 0.175. The number of rotatable bonds is 2. The van der Waals surface area contributed by atoms with E-state index in [1.54, 1.807) is 4.90 Å². The van der Waals surface area contributed by atoms with Crippen LogP contribution in [0, 0.1) is 17.1 Å². The number of nitrogens with zero attached hydrogens (tertiary/aromatic N) is 3. The average molecular weight is 371 g/mol. The number of benzene rings is 1. The summed E-state index contributed by atoms with van der Waals surface area (Å²) in [5, 5.41) is 9.07. The Bertz CT molecular complexity index is 752. The van der Waals surface area contributed by atoms with Crippen molar-refractivity contribution in [1.82, 2.24) is 9.80 Å². The SMILES string of the molecule is N#Cc1cc(F)cc(C(=O)N2CCO[C@@]3(CCCC[C@H]3N3CCCC3)C2)c1. The van der Waals surface area contributed by atoms with Crippen molar-refractivity contribution in [3.05, 3.63) is 35.1 Å². The predicted octanol–water partition coefficient (Wildman–Crippen LogP) is 2.95. The molecule has 4 rings (SSSR count). The van der Waals surface area contributed by atoms with E-state index in [1.807, 2.05) is 6.07 Å². The molecule has 0 bridgehead atoms. The van der Waals surface area contributed by atoms with Gasteiger partial charge in [-0.2, -0.15) is 5.26 Å². The second-order valence-electron chi connectivity index (χ2n) is 7.98. The zero-order chi connectivity index (χ0) is 18.9. The Labute approximate surface area is 159 Å². The lowest BCUT2D eigenvalue weighted by Crippen LogP contribution is -2.64. The Morgan fingerprint density at radius 2 is 2.00 bits per heavy atom. The van der Waals surface area contributed by atoms with E-state index in [9.17, 15) is 9.18 Å². The molecule has 2 saturated heterocycles. The van der Waals surface area contributed by atoms with Crippen LogP contribution in [0.2, 0.25) is 0 Å². The van der Waals surface area contributed by atoms with Crippen molar-refractivity contribution < 1.29 is 13.9 Å². The van der Waals surface area contributed by atoms with E-state index in [-0.39, 0.29) is 22.6 Å². The zero-order valence-corrected chi connectivity index (χ0v) is 15.6. The van der Waals surface area contributed by atoms with Crippen molar-refractivity contribution in [2.24, 2.45) is 0 Å². The average Bonchev–Trinajstić information content (AvgIpc) is 3.21. The van der Waals surface area contributed by atoms with Gasteiger partial charge in [0.15, 0.2) is 0 Å². The normalized spacial score (nSPS) is 29.0. The largest absolute Gasteiger partial charge is 0.370 e. The number of likely N-dealkylation sites (tertiary alicyclic amines) is 1. The molecular weight excluding hydrogens is 345 g/mol. The number of hydrogen-bond donors (Lipinski definition) is 0. The first-order chi connectivity index (χ1) is 13.1. The van der Waals surface area contributed by atoms with Gasteiger partial charge in [0.05, 0.1) is 24.8 Å². The Morgan fingerprint density at radius 1 is 1.19 bits per heavy atom. The van der Waals surface area contributed by atoms with Crippen molar-refractivity contribution in [1.29, 1.82) is 5.26 Å². The fourth-order valence-corrected chi connectivity index (χ4v) is 5.05. The molecule has 5 nitrogen and oxygen atoms in total. The lowest BCUT2D eigenvalue weighted by molar-refractivity contribution is -0.156. The fourth-order valence-electron chi connectivity index (χ4n) is 5.05. The molecule has 1 aromatic carbocycles. The summed E-state index contributed by atoms with van der Waals surface area (Å²) < 4.78 is 20.2. The van der Waals surface area contributed by atoms with Gasteiger partial charge in [0, 0.05) is 18.2 Å². The van der Waals surface area contributed by atoms with Crippen LogP contribution in [0.5, 0.6) is 0 Å². The zero-order valence-electron chi connectivity index (χ0n) is 15.6. The van der Waals surface area contributed by atoms with Gasteiger partial charge in [-0.1, -0.05) is 12.8 Å². The molecule has 2 aliphatic heterocycles. The van der Waals surface area contributed by atoms with Gasteiger partial charge in [0.1, 0.15) is 11.4 Å². The van der Waals surface area contributed by atoms with E-state index < -0.39 is 5.82 Å². The third-order valence-corrected chi connectivity index (χ3v) is 6.29. The van der Waals surface area contributed by atoms with Crippen LogP contribution in [0.25, 0.3) is 0 Å². The smallest absolute Gasteiger partial charge is 0.254 e. The summed E-state index contributed by atoms with van der Waals surface area (Å²) in [7, 11) is 0. The van der Waals surface area contributed by atoms with Crippen LogP contribution in [0.4, 0.5) is 4.39 Å². The van der Waals surface area contributed by atoms with Crippen molar-refractivity contribution in [2.45, 2.75) is 50.2 Å². The molecule has 0 unspecified atom stereocenters. The van der Waals surface area contributed by atoms with Crippen LogP contribution in [0.1, 0.15) is 54.4 Å². The van der Waals surface area contributed by atoms with E-state index in [2.05, 4.69) is 4.90 Å². The number of morpholine rings is 1. The van der Waals surface area contributed by atoms with Crippen molar-refractivity contribution in [3.8, 4) is 6.07 Å². The monoisotopic (exact) mass is 371 g/mol. The third kappa shape index (κ3) is 3.59. The van der Waals surface area contributed by atoms with Crippen LogP contribution < -0.4 is 0 Å². The van der Waals surface area contributed by atoms with Crippen LogP contribution in [-0.4, -0.2) is 60.1 Å². The van der Waals surface area contributed by atoms with Gasteiger partial charge in [-0.15, -0.1) is 0 Å². The van der Waals surface area contributed by atoms with E-state index in [4.69, 9.17) is 10.00 Å².